The van der Waals surface area contributed by atoms with Crippen molar-refractivity contribution in [2.45, 2.75) is 57.3 Å². The fraction of sp³-hybridized carbons (Fsp3) is 0.588. The van der Waals surface area contributed by atoms with Crippen molar-refractivity contribution in [3.05, 3.63) is 33.8 Å². The van der Waals surface area contributed by atoms with E-state index in [1.54, 1.807) is 6.07 Å². The lowest BCUT2D eigenvalue weighted by Gasteiger charge is -2.28. The Bertz CT molecular complexity index is 484. The van der Waals surface area contributed by atoms with Crippen LogP contribution in [-0.2, 0) is 5.41 Å². The number of benzene rings is 1. The molecule has 0 aliphatic heterocycles. The smallest absolute Gasteiger partial charge is 0.0836 e. The first-order chi connectivity index (χ1) is 10.1. The predicted molar refractivity (Wildman–Crippen MR) is 95.5 cm³/mol. The summed E-state index contributed by atoms with van der Waals surface area (Å²) < 4.78 is 0. The number of rotatable bonds is 9. The molecule has 1 aromatic rings. The van der Waals surface area contributed by atoms with Crippen LogP contribution in [0.15, 0.2) is 18.2 Å². The van der Waals surface area contributed by atoms with Crippen molar-refractivity contribution in [2.24, 2.45) is 0 Å². The van der Waals surface area contributed by atoms with Gasteiger partial charge in [-0.1, -0.05) is 77.8 Å². The maximum atomic E-state index is 9.86. The summed E-state index contributed by atoms with van der Waals surface area (Å²) in [6, 6.07) is 8.07. The second-order valence-corrected chi connectivity index (χ2v) is 7.06. The van der Waals surface area contributed by atoms with E-state index < -0.39 is 5.41 Å². The largest absolute Gasteiger partial charge is 0.197 e. The Morgan fingerprint density at radius 3 is 2.43 bits per heavy atom. The van der Waals surface area contributed by atoms with Crippen LogP contribution >= 0.6 is 39.1 Å². The lowest BCUT2D eigenvalue weighted by atomic mass is 9.74. The Balaban J connectivity index is 3.01. The van der Waals surface area contributed by atoms with Gasteiger partial charge in [0.05, 0.1) is 11.5 Å². The summed E-state index contributed by atoms with van der Waals surface area (Å²) in [5, 5.41) is 12.1. The van der Waals surface area contributed by atoms with Crippen LogP contribution in [0.5, 0.6) is 0 Å². The van der Waals surface area contributed by atoms with E-state index in [-0.39, 0.29) is 0 Å². The molecule has 1 unspecified atom stereocenters. The van der Waals surface area contributed by atoms with Gasteiger partial charge in [-0.15, -0.1) is 0 Å². The summed E-state index contributed by atoms with van der Waals surface area (Å²) in [5.41, 5.74) is 0.452. The lowest BCUT2D eigenvalue weighted by molar-refractivity contribution is 0.425. The van der Waals surface area contributed by atoms with Gasteiger partial charge in [-0.05, 0) is 37.0 Å². The molecule has 116 valence electrons. The number of unbranched alkanes of at least 4 members (excludes halogenated alkanes) is 3. The fourth-order valence-electron chi connectivity index (χ4n) is 2.62. The zero-order valence-electron chi connectivity index (χ0n) is 12.5. The van der Waals surface area contributed by atoms with Crippen LogP contribution in [0.2, 0.25) is 10.0 Å². The van der Waals surface area contributed by atoms with Crippen LogP contribution < -0.4 is 0 Å². The first kappa shape index (κ1) is 18.8. The number of alkyl halides is 1. The van der Waals surface area contributed by atoms with Crippen molar-refractivity contribution in [2.75, 3.05) is 5.33 Å². The van der Waals surface area contributed by atoms with Gasteiger partial charge in [0.2, 0.25) is 0 Å². The third-order valence-electron chi connectivity index (χ3n) is 3.86. The molecule has 0 spiro atoms. The van der Waals surface area contributed by atoms with E-state index in [1.165, 1.54) is 0 Å². The number of hydrogen-bond donors (Lipinski definition) is 0. The predicted octanol–water partition coefficient (Wildman–Crippen LogP) is 6.90. The highest BCUT2D eigenvalue weighted by atomic mass is 79.9. The molecule has 1 aromatic carbocycles. The molecule has 0 N–H and O–H groups in total. The van der Waals surface area contributed by atoms with E-state index in [2.05, 4.69) is 28.9 Å². The quantitative estimate of drug-likeness (QED) is 0.332. The molecule has 1 nitrogen and oxygen atoms in total. The van der Waals surface area contributed by atoms with Gasteiger partial charge < -0.3 is 0 Å². The Morgan fingerprint density at radius 2 is 1.86 bits per heavy atom. The van der Waals surface area contributed by atoms with Crippen LogP contribution in [0.25, 0.3) is 0 Å². The van der Waals surface area contributed by atoms with Crippen molar-refractivity contribution in [3.8, 4) is 6.07 Å². The highest BCUT2D eigenvalue weighted by molar-refractivity contribution is 9.09. The first-order valence-electron chi connectivity index (χ1n) is 7.52. The van der Waals surface area contributed by atoms with Gasteiger partial charge in [0, 0.05) is 15.4 Å². The highest BCUT2D eigenvalue weighted by Gasteiger charge is 2.33. The number of halogens is 3. The Labute approximate surface area is 146 Å². The minimum Gasteiger partial charge on any atom is -0.197 e. The SMILES string of the molecule is CCCCC(C#N)(CCCCCBr)c1ccc(Cl)cc1Cl. The summed E-state index contributed by atoms with van der Waals surface area (Å²) in [6.45, 7) is 2.15. The number of nitrogens with zero attached hydrogens (tertiary/aromatic N) is 1. The molecule has 0 aromatic heterocycles. The second-order valence-electron chi connectivity index (χ2n) is 5.42. The summed E-state index contributed by atoms with van der Waals surface area (Å²) in [6.07, 6.45) is 7.14. The molecule has 21 heavy (non-hydrogen) atoms. The highest BCUT2D eigenvalue weighted by Crippen LogP contribution is 2.39. The standard InChI is InChI=1S/C17H22BrCl2N/c1-2-3-9-17(13-21,10-5-4-6-11-18)15-8-7-14(19)12-16(15)20/h7-8,12H,2-6,9-11H2,1H3. The topological polar surface area (TPSA) is 23.8 Å². The second kappa shape index (κ2) is 9.72. The molecule has 0 aliphatic rings. The van der Waals surface area contributed by atoms with Crippen molar-refractivity contribution in [1.29, 1.82) is 5.26 Å². The average molecular weight is 391 g/mol. The third-order valence-corrected chi connectivity index (χ3v) is 4.96. The number of nitriles is 1. The minimum atomic E-state index is -0.482. The summed E-state index contributed by atoms with van der Waals surface area (Å²) in [5.74, 6) is 0. The average Bonchev–Trinajstić information content (AvgIpc) is 2.48. The van der Waals surface area contributed by atoms with Crippen molar-refractivity contribution < 1.29 is 0 Å². The monoisotopic (exact) mass is 389 g/mol. The third kappa shape index (κ3) is 5.47. The molecule has 0 bridgehead atoms. The molecule has 0 saturated carbocycles. The molecule has 1 atom stereocenters. The van der Waals surface area contributed by atoms with E-state index in [0.29, 0.717) is 10.0 Å². The van der Waals surface area contributed by atoms with Crippen LogP contribution in [0.1, 0.15) is 57.4 Å². The van der Waals surface area contributed by atoms with Gasteiger partial charge in [-0.3, -0.25) is 0 Å². The van der Waals surface area contributed by atoms with Crippen molar-refractivity contribution in [3.63, 3.8) is 0 Å². The summed E-state index contributed by atoms with van der Waals surface area (Å²) >= 11 is 15.8. The van der Waals surface area contributed by atoms with E-state index in [4.69, 9.17) is 23.2 Å². The van der Waals surface area contributed by atoms with E-state index in [9.17, 15) is 5.26 Å². The Kier molecular flexibility index (Phi) is 8.71. The van der Waals surface area contributed by atoms with Gasteiger partial charge in [0.25, 0.3) is 0 Å². The van der Waals surface area contributed by atoms with Gasteiger partial charge in [0.15, 0.2) is 0 Å². The number of hydrogen-bond acceptors (Lipinski definition) is 1. The van der Waals surface area contributed by atoms with E-state index in [1.807, 2.05) is 12.1 Å². The molecule has 0 fully saturated rings. The molecule has 0 heterocycles. The molecule has 0 radical (unpaired) electrons. The van der Waals surface area contributed by atoms with Crippen molar-refractivity contribution >= 4 is 39.1 Å². The van der Waals surface area contributed by atoms with Gasteiger partial charge in [-0.2, -0.15) is 5.26 Å². The normalized spacial score (nSPS) is 13.7. The van der Waals surface area contributed by atoms with Crippen LogP contribution in [0.3, 0.4) is 0 Å². The molecular weight excluding hydrogens is 369 g/mol. The van der Waals surface area contributed by atoms with Gasteiger partial charge in [-0.25, -0.2) is 0 Å². The van der Waals surface area contributed by atoms with Crippen LogP contribution in [-0.4, -0.2) is 5.33 Å². The van der Waals surface area contributed by atoms with Crippen molar-refractivity contribution in [1.82, 2.24) is 0 Å². The van der Waals surface area contributed by atoms with Gasteiger partial charge in [0.1, 0.15) is 0 Å². The Hall–Kier alpha value is -0.230. The van der Waals surface area contributed by atoms with E-state index >= 15 is 0 Å². The zero-order valence-corrected chi connectivity index (χ0v) is 15.6. The molecule has 1 rings (SSSR count). The summed E-state index contributed by atoms with van der Waals surface area (Å²) in [4.78, 5) is 0. The summed E-state index contributed by atoms with van der Waals surface area (Å²) in [7, 11) is 0. The van der Waals surface area contributed by atoms with Crippen LogP contribution in [0, 0.1) is 11.3 Å². The van der Waals surface area contributed by atoms with Crippen LogP contribution in [0.4, 0.5) is 0 Å². The first-order valence-corrected chi connectivity index (χ1v) is 9.40. The maximum absolute atomic E-state index is 9.86. The Morgan fingerprint density at radius 1 is 1.14 bits per heavy atom. The van der Waals surface area contributed by atoms with Gasteiger partial charge >= 0.3 is 0 Å². The van der Waals surface area contributed by atoms with E-state index in [0.717, 1.165) is 55.8 Å². The zero-order chi connectivity index (χ0) is 15.7. The molecule has 0 amide bonds. The lowest BCUT2D eigenvalue weighted by Crippen LogP contribution is -2.25. The minimum absolute atomic E-state index is 0.482. The molecule has 0 saturated heterocycles. The molecule has 0 aliphatic carbocycles. The molecule has 4 heteroatoms. The fourth-order valence-corrected chi connectivity index (χ4v) is 3.61. The maximum Gasteiger partial charge on any atom is 0.0836 e. The molecular formula is C17H22BrCl2N.